The van der Waals surface area contributed by atoms with Crippen LogP contribution in [0.5, 0.6) is 5.75 Å². The first-order chi connectivity index (χ1) is 10.2. The highest BCUT2D eigenvalue weighted by molar-refractivity contribution is 5.98. The van der Waals surface area contributed by atoms with Gasteiger partial charge in [0.2, 0.25) is 0 Å². The molecule has 2 aromatic carbocycles. The lowest BCUT2D eigenvalue weighted by Gasteiger charge is -2.11. The molecule has 0 spiro atoms. The molecule has 4 nitrogen and oxygen atoms in total. The molecule has 106 valence electrons. The van der Waals surface area contributed by atoms with Gasteiger partial charge in [0.05, 0.1) is 18.3 Å². The number of nitrogens with zero attached hydrogens (tertiary/aromatic N) is 1. The zero-order valence-electron chi connectivity index (χ0n) is 11.4. The molecule has 0 fully saturated rings. The molecule has 0 aliphatic carbocycles. The van der Waals surface area contributed by atoms with E-state index in [4.69, 9.17) is 10.5 Å². The minimum atomic E-state index is -0.416. The smallest absolute Gasteiger partial charge is 0.167 e. The fourth-order valence-electron chi connectivity index (χ4n) is 2.21. The van der Waals surface area contributed by atoms with Crippen molar-refractivity contribution in [1.82, 2.24) is 4.98 Å². The van der Waals surface area contributed by atoms with Crippen LogP contribution in [0.15, 0.2) is 48.7 Å². The van der Waals surface area contributed by atoms with Gasteiger partial charge in [-0.3, -0.25) is 4.98 Å². The van der Waals surface area contributed by atoms with Gasteiger partial charge in [-0.15, -0.1) is 0 Å². The van der Waals surface area contributed by atoms with Gasteiger partial charge in [-0.25, -0.2) is 4.39 Å². The first-order valence-corrected chi connectivity index (χ1v) is 6.43. The maximum Gasteiger partial charge on any atom is 0.167 e. The van der Waals surface area contributed by atoms with E-state index in [-0.39, 0.29) is 5.75 Å². The summed E-state index contributed by atoms with van der Waals surface area (Å²) in [6.45, 7) is 0. The third-order valence-electron chi connectivity index (χ3n) is 3.23. The Balaban J connectivity index is 2.02. The number of fused-ring (bicyclic) bond motifs is 1. The van der Waals surface area contributed by atoms with Crippen molar-refractivity contribution in [2.45, 2.75) is 0 Å². The molecule has 3 rings (SSSR count). The number of methoxy groups -OCH3 is 1. The van der Waals surface area contributed by atoms with Crippen LogP contribution >= 0.6 is 0 Å². The van der Waals surface area contributed by atoms with Gasteiger partial charge in [-0.1, -0.05) is 12.1 Å². The Hall–Kier alpha value is -2.82. The van der Waals surface area contributed by atoms with Crippen molar-refractivity contribution in [2.75, 3.05) is 18.2 Å². The number of rotatable bonds is 3. The lowest BCUT2D eigenvalue weighted by Crippen LogP contribution is -1.96. The quantitative estimate of drug-likeness (QED) is 0.719. The third-order valence-corrected chi connectivity index (χ3v) is 3.23. The van der Waals surface area contributed by atoms with Crippen molar-refractivity contribution in [3.63, 3.8) is 0 Å². The SMILES string of the molecule is COc1ccc(Nc2ccnc3c(N)cccc23)cc1F. The second-order valence-electron chi connectivity index (χ2n) is 4.58. The topological polar surface area (TPSA) is 60.2 Å². The minimum absolute atomic E-state index is 0.212. The molecule has 0 saturated heterocycles. The van der Waals surface area contributed by atoms with Crippen LogP contribution in [0.2, 0.25) is 0 Å². The van der Waals surface area contributed by atoms with Crippen LogP contribution in [0.3, 0.4) is 0 Å². The van der Waals surface area contributed by atoms with Gasteiger partial charge in [-0.05, 0) is 24.3 Å². The Morgan fingerprint density at radius 3 is 2.81 bits per heavy atom. The molecule has 0 aliphatic rings. The number of hydrogen-bond acceptors (Lipinski definition) is 4. The highest BCUT2D eigenvalue weighted by Gasteiger charge is 2.07. The maximum atomic E-state index is 13.7. The van der Waals surface area contributed by atoms with Crippen LogP contribution in [-0.2, 0) is 0 Å². The summed E-state index contributed by atoms with van der Waals surface area (Å²) < 4.78 is 18.6. The molecule has 0 saturated carbocycles. The summed E-state index contributed by atoms with van der Waals surface area (Å²) in [5.74, 6) is -0.204. The van der Waals surface area contributed by atoms with E-state index in [1.54, 1.807) is 24.4 Å². The van der Waals surface area contributed by atoms with Crippen LogP contribution in [0.1, 0.15) is 0 Å². The van der Waals surface area contributed by atoms with Gasteiger partial charge in [0.1, 0.15) is 0 Å². The van der Waals surface area contributed by atoms with Crippen molar-refractivity contribution in [3.8, 4) is 5.75 Å². The number of anilines is 3. The normalized spacial score (nSPS) is 10.6. The lowest BCUT2D eigenvalue weighted by atomic mass is 10.1. The van der Waals surface area contributed by atoms with E-state index in [0.717, 1.165) is 16.6 Å². The van der Waals surface area contributed by atoms with E-state index < -0.39 is 5.82 Å². The fraction of sp³-hybridized carbons (Fsp3) is 0.0625. The Bertz CT molecular complexity index is 805. The molecular weight excluding hydrogens is 269 g/mol. The number of para-hydroxylation sites is 1. The van der Waals surface area contributed by atoms with E-state index in [2.05, 4.69) is 10.3 Å². The van der Waals surface area contributed by atoms with Crippen LogP contribution < -0.4 is 15.8 Å². The Morgan fingerprint density at radius 2 is 2.05 bits per heavy atom. The van der Waals surface area contributed by atoms with Gasteiger partial charge in [-0.2, -0.15) is 0 Å². The molecule has 0 radical (unpaired) electrons. The fourth-order valence-corrected chi connectivity index (χ4v) is 2.21. The second-order valence-corrected chi connectivity index (χ2v) is 4.58. The monoisotopic (exact) mass is 283 g/mol. The first-order valence-electron chi connectivity index (χ1n) is 6.43. The van der Waals surface area contributed by atoms with Crippen molar-refractivity contribution >= 4 is 28.0 Å². The van der Waals surface area contributed by atoms with E-state index in [9.17, 15) is 4.39 Å². The Kier molecular flexibility index (Phi) is 3.31. The van der Waals surface area contributed by atoms with Gasteiger partial charge < -0.3 is 15.8 Å². The number of ether oxygens (including phenoxy) is 1. The van der Waals surface area contributed by atoms with Gasteiger partial charge >= 0.3 is 0 Å². The number of benzene rings is 2. The van der Waals surface area contributed by atoms with E-state index in [0.29, 0.717) is 11.4 Å². The predicted octanol–water partition coefficient (Wildman–Crippen LogP) is 3.71. The molecule has 0 atom stereocenters. The molecule has 5 heteroatoms. The number of nitrogen functional groups attached to an aromatic ring is 1. The summed E-state index contributed by atoms with van der Waals surface area (Å²) >= 11 is 0. The summed E-state index contributed by atoms with van der Waals surface area (Å²) in [4.78, 5) is 4.27. The van der Waals surface area contributed by atoms with Crippen molar-refractivity contribution in [1.29, 1.82) is 0 Å². The van der Waals surface area contributed by atoms with E-state index in [1.165, 1.54) is 13.2 Å². The minimum Gasteiger partial charge on any atom is -0.494 e. The average Bonchev–Trinajstić information content (AvgIpc) is 2.49. The van der Waals surface area contributed by atoms with E-state index in [1.807, 2.05) is 18.2 Å². The van der Waals surface area contributed by atoms with Crippen molar-refractivity contribution in [2.24, 2.45) is 0 Å². The van der Waals surface area contributed by atoms with Gasteiger partial charge in [0.15, 0.2) is 11.6 Å². The van der Waals surface area contributed by atoms with Crippen LogP contribution in [-0.4, -0.2) is 12.1 Å². The molecule has 3 aromatic rings. The molecule has 0 amide bonds. The highest BCUT2D eigenvalue weighted by atomic mass is 19.1. The number of aromatic nitrogens is 1. The van der Waals surface area contributed by atoms with E-state index >= 15 is 0 Å². The van der Waals surface area contributed by atoms with Gasteiger partial charge in [0, 0.05) is 29.0 Å². The zero-order chi connectivity index (χ0) is 14.8. The Morgan fingerprint density at radius 1 is 1.19 bits per heavy atom. The molecule has 1 heterocycles. The molecule has 0 bridgehead atoms. The van der Waals surface area contributed by atoms with Gasteiger partial charge in [0.25, 0.3) is 0 Å². The average molecular weight is 283 g/mol. The number of hydrogen-bond donors (Lipinski definition) is 2. The number of nitrogens with two attached hydrogens (primary N) is 1. The summed E-state index contributed by atoms with van der Waals surface area (Å²) in [6.07, 6.45) is 1.67. The second kappa shape index (κ2) is 5.28. The standard InChI is InChI=1S/C16H14FN3O/c1-21-15-6-5-10(9-12(15)17)20-14-7-8-19-16-11(14)3-2-4-13(16)18/h2-9H,18H2,1H3,(H,19,20). The maximum absolute atomic E-state index is 13.7. The summed E-state index contributed by atoms with van der Waals surface area (Å²) in [7, 11) is 1.44. The Labute approximate surface area is 121 Å². The van der Waals surface area contributed by atoms with Crippen LogP contribution in [0.25, 0.3) is 10.9 Å². The molecule has 1 aromatic heterocycles. The molecule has 21 heavy (non-hydrogen) atoms. The third kappa shape index (κ3) is 2.45. The number of nitrogens with one attached hydrogen (secondary N) is 1. The summed E-state index contributed by atoms with van der Waals surface area (Å²) in [5, 5.41) is 4.06. The number of pyridine rings is 1. The molecular formula is C16H14FN3O. The van der Waals surface area contributed by atoms with Crippen molar-refractivity contribution in [3.05, 3.63) is 54.5 Å². The predicted molar refractivity (Wildman–Crippen MR) is 82.4 cm³/mol. The lowest BCUT2D eigenvalue weighted by molar-refractivity contribution is 0.386. The summed E-state index contributed by atoms with van der Waals surface area (Å²) in [5.41, 5.74) is 8.69. The van der Waals surface area contributed by atoms with Crippen LogP contribution in [0.4, 0.5) is 21.5 Å². The summed E-state index contributed by atoms with van der Waals surface area (Å²) in [6, 6.07) is 12.1. The molecule has 0 unspecified atom stereocenters. The number of halogens is 1. The van der Waals surface area contributed by atoms with Crippen LogP contribution in [0, 0.1) is 5.82 Å². The highest BCUT2D eigenvalue weighted by Crippen LogP contribution is 2.29. The largest absolute Gasteiger partial charge is 0.494 e. The van der Waals surface area contributed by atoms with Crippen molar-refractivity contribution < 1.29 is 9.13 Å². The molecule has 0 aliphatic heterocycles. The zero-order valence-corrected chi connectivity index (χ0v) is 11.4. The first kappa shape index (κ1) is 13.2. The molecule has 3 N–H and O–H groups in total.